The highest BCUT2D eigenvalue weighted by Gasteiger charge is 2.30. The first-order valence-electron chi connectivity index (χ1n) is 10.1. The fourth-order valence-electron chi connectivity index (χ4n) is 3.20. The highest BCUT2D eigenvalue weighted by molar-refractivity contribution is 5.70. The Morgan fingerprint density at radius 3 is 2.79 bits per heavy atom. The predicted octanol–water partition coefficient (Wildman–Crippen LogP) is 3.48. The van der Waals surface area contributed by atoms with Crippen LogP contribution in [0.25, 0.3) is 0 Å². The maximum absolute atomic E-state index is 11.9. The van der Waals surface area contributed by atoms with E-state index in [1.165, 1.54) is 0 Å². The third-order valence-electron chi connectivity index (χ3n) is 4.69. The van der Waals surface area contributed by atoms with E-state index in [-0.39, 0.29) is 18.1 Å². The topological polar surface area (TPSA) is 76.1 Å². The average molecular weight is 389 g/mol. The number of hydrogen-bond donors (Lipinski definition) is 1. The normalized spacial score (nSPS) is 17.7. The van der Waals surface area contributed by atoms with Crippen molar-refractivity contribution < 1.29 is 24.2 Å². The van der Waals surface area contributed by atoms with E-state index < -0.39 is 6.10 Å². The second-order valence-electron chi connectivity index (χ2n) is 6.95. The minimum absolute atomic E-state index is 0.141. The summed E-state index contributed by atoms with van der Waals surface area (Å²) in [6.45, 7) is 3.15. The van der Waals surface area contributed by atoms with Gasteiger partial charge in [0.2, 0.25) is 0 Å². The number of rotatable bonds is 12. The van der Waals surface area contributed by atoms with Crippen LogP contribution >= 0.6 is 0 Å². The number of amides is 1. The Bertz CT molecular complexity index is 631. The molecule has 154 valence electrons. The summed E-state index contributed by atoms with van der Waals surface area (Å²) in [6, 6.07) is 9.66. The lowest BCUT2D eigenvalue weighted by Gasteiger charge is -2.19. The van der Waals surface area contributed by atoms with Crippen LogP contribution in [-0.4, -0.2) is 54.0 Å². The van der Waals surface area contributed by atoms with Crippen molar-refractivity contribution in [2.24, 2.45) is 0 Å². The number of cyclic esters (lactones) is 1. The van der Waals surface area contributed by atoms with Gasteiger partial charge in [-0.1, -0.05) is 55.3 Å². The van der Waals surface area contributed by atoms with E-state index in [2.05, 4.69) is 0 Å². The number of aliphatic hydroxyl groups excluding tert-OH is 1. The summed E-state index contributed by atoms with van der Waals surface area (Å²) in [4.78, 5) is 24.9. The highest BCUT2D eigenvalue weighted by atomic mass is 16.6. The second-order valence-corrected chi connectivity index (χ2v) is 6.95. The summed E-state index contributed by atoms with van der Waals surface area (Å²) in [5.41, 5.74) is 1.07. The molecule has 0 bridgehead atoms. The molecule has 1 N–H and O–H groups in total. The predicted molar refractivity (Wildman–Crippen MR) is 107 cm³/mol. The molecule has 0 saturated carbocycles. The Balaban J connectivity index is 1.69. The number of hydrogen-bond acceptors (Lipinski definition) is 5. The van der Waals surface area contributed by atoms with Gasteiger partial charge in [0.15, 0.2) is 0 Å². The van der Waals surface area contributed by atoms with Crippen LogP contribution in [0, 0.1) is 0 Å². The molecule has 6 heteroatoms. The zero-order valence-corrected chi connectivity index (χ0v) is 16.6. The molecule has 2 rings (SSSR count). The Morgan fingerprint density at radius 1 is 1.29 bits per heavy atom. The number of nitrogens with zero attached hydrogens (tertiary/aromatic N) is 1. The SMILES string of the molecule is CCOC(=O)CCCCCCN1C(=O)OCC1/C=C/[C@H](O)Cc1ccccc1. The van der Waals surface area contributed by atoms with Gasteiger partial charge in [-0.3, -0.25) is 9.69 Å². The molecule has 0 aromatic heterocycles. The van der Waals surface area contributed by atoms with Gasteiger partial charge < -0.3 is 14.6 Å². The molecular formula is C22H31NO5. The molecule has 0 spiro atoms. The quantitative estimate of drug-likeness (QED) is 0.336. The Labute approximate surface area is 167 Å². The van der Waals surface area contributed by atoms with Gasteiger partial charge >= 0.3 is 12.1 Å². The van der Waals surface area contributed by atoms with Crippen LogP contribution in [0.5, 0.6) is 0 Å². The lowest BCUT2D eigenvalue weighted by atomic mass is 10.1. The standard InChI is InChI=1S/C22H31NO5/c1-2-27-21(25)12-8-3-4-9-15-23-19(17-28-22(23)26)13-14-20(24)16-18-10-6-5-7-11-18/h5-7,10-11,13-14,19-20,24H,2-4,8-9,12,15-17H2,1H3/b14-13+/t19?,20-/m0/s1. The molecule has 0 aliphatic carbocycles. The number of aliphatic hydroxyl groups is 1. The number of carbonyl (C=O) groups is 2. The van der Waals surface area contributed by atoms with Crippen LogP contribution in [0.1, 0.15) is 44.6 Å². The molecule has 1 amide bonds. The van der Waals surface area contributed by atoms with E-state index in [4.69, 9.17) is 9.47 Å². The third kappa shape index (κ3) is 7.72. The summed E-state index contributed by atoms with van der Waals surface area (Å²) in [7, 11) is 0. The monoisotopic (exact) mass is 389 g/mol. The summed E-state index contributed by atoms with van der Waals surface area (Å²) in [6.07, 6.45) is 7.22. The number of esters is 1. The second kappa shape index (κ2) is 12.2. The van der Waals surface area contributed by atoms with E-state index >= 15 is 0 Å². The van der Waals surface area contributed by atoms with Crippen molar-refractivity contribution in [3.63, 3.8) is 0 Å². The van der Waals surface area contributed by atoms with Crippen LogP contribution < -0.4 is 0 Å². The minimum atomic E-state index is -0.595. The van der Waals surface area contributed by atoms with Gasteiger partial charge in [0.05, 0.1) is 18.8 Å². The van der Waals surface area contributed by atoms with Crippen LogP contribution in [0.3, 0.4) is 0 Å². The van der Waals surface area contributed by atoms with Crippen LogP contribution in [0.15, 0.2) is 42.5 Å². The van der Waals surface area contributed by atoms with Gasteiger partial charge in [-0.05, 0) is 25.3 Å². The van der Waals surface area contributed by atoms with Gasteiger partial charge in [0.25, 0.3) is 0 Å². The summed E-state index contributed by atoms with van der Waals surface area (Å²) >= 11 is 0. The van der Waals surface area contributed by atoms with Crippen LogP contribution in [0.4, 0.5) is 4.79 Å². The lowest BCUT2D eigenvalue weighted by Crippen LogP contribution is -2.33. The van der Waals surface area contributed by atoms with E-state index in [1.807, 2.05) is 36.4 Å². The molecule has 1 aliphatic heterocycles. The molecule has 1 unspecified atom stereocenters. The van der Waals surface area contributed by atoms with Gasteiger partial charge in [-0.2, -0.15) is 0 Å². The fraction of sp³-hybridized carbons (Fsp3) is 0.545. The van der Waals surface area contributed by atoms with Crippen molar-refractivity contribution >= 4 is 12.1 Å². The van der Waals surface area contributed by atoms with Gasteiger partial charge in [-0.25, -0.2) is 4.79 Å². The Kier molecular flexibility index (Phi) is 9.55. The highest BCUT2D eigenvalue weighted by Crippen LogP contribution is 2.16. The van der Waals surface area contributed by atoms with Gasteiger partial charge in [0, 0.05) is 19.4 Å². The summed E-state index contributed by atoms with van der Waals surface area (Å²) < 4.78 is 10.1. The summed E-state index contributed by atoms with van der Waals surface area (Å²) in [5.74, 6) is -0.148. The largest absolute Gasteiger partial charge is 0.466 e. The van der Waals surface area contributed by atoms with E-state index in [1.54, 1.807) is 17.9 Å². The smallest absolute Gasteiger partial charge is 0.410 e. The van der Waals surface area contributed by atoms with Crippen molar-refractivity contribution in [1.29, 1.82) is 0 Å². The molecule has 1 fully saturated rings. The molecule has 1 aromatic rings. The molecule has 6 nitrogen and oxygen atoms in total. The maximum Gasteiger partial charge on any atom is 0.410 e. The van der Waals surface area contributed by atoms with E-state index in [9.17, 15) is 14.7 Å². The fourth-order valence-corrected chi connectivity index (χ4v) is 3.20. The van der Waals surface area contributed by atoms with Gasteiger partial charge in [-0.15, -0.1) is 0 Å². The summed E-state index contributed by atoms with van der Waals surface area (Å²) in [5, 5.41) is 10.2. The average Bonchev–Trinajstić information content (AvgIpc) is 3.03. The third-order valence-corrected chi connectivity index (χ3v) is 4.69. The Morgan fingerprint density at radius 2 is 2.04 bits per heavy atom. The zero-order chi connectivity index (χ0) is 20.2. The van der Waals surface area contributed by atoms with E-state index in [0.717, 1.165) is 31.2 Å². The van der Waals surface area contributed by atoms with Crippen molar-refractivity contribution in [2.45, 2.75) is 57.6 Å². The number of carbonyl (C=O) groups excluding carboxylic acids is 2. The molecule has 1 saturated heterocycles. The van der Waals surface area contributed by atoms with E-state index in [0.29, 0.717) is 32.6 Å². The van der Waals surface area contributed by atoms with Crippen molar-refractivity contribution in [1.82, 2.24) is 4.90 Å². The zero-order valence-electron chi connectivity index (χ0n) is 16.6. The molecule has 2 atom stereocenters. The number of benzene rings is 1. The first-order chi connectivity index (χ1) is 13.6. The Hall–Kier alpha value is -2.34. The molecule has 1 heterocycles. The first-order valence-corrected chi connectivity index (χ1v) is 10.1. The molecule has 1 aromatic carbocycles. The van der Waals surface area contributed by atoms with Gasteiger partial charge in [0.1, 0.15) is 6.61 Å². The molecule has 1 aliphatic rings. The van der Waals surface area contributed by atoms with Crippen LogP contribution in [0.2, 0.25) is 0 Å². The maximum atomic E-state index is 11.9. The van der Waals surface area contributed by atoms with Crippen molar-refractivity contribution in [3.8, 4) is 0 Å². The van der Waals surface area contributed by atoms with Crippen molar-refractivity contribution in [3.05, 3.63) is 48.0 Å². The molecular weight excluding hydrogens is 358 g/mol. The minimum Gasteiger partial charge on any atom is -0.466 e. The number of unbranched alkanes of at least 4 members (excludes halogenated alkanes) is 3. The molecule has 28 heavy (non-hydrogen) atoms. The first kappa shape index (κ1) is 22.0. The number of ether oxygens (including phenoxy) is 2. The van der Waals surface area contributed by atoms with Crippen LogP contribution in [-0.2, 0) is 20.7 Å². The van der Waals surface area contributed by atoms with Crippen molar-refractivity contribution in [2.75, 3.05) is 19.8 Å². The lowest BCUT2D eigenvalue weighted by molar-refractivity contribution is -0.143. The molecule has 0 radical (unpaired) electrons.